The molecular weight excluding hydrogens is 443 g/mol. The molecule has 0 amide bonds. The van der Waals surface area contributed by atoms with Gasteiger partial charge in [-0.05, 0) is 60.3 Å². The molecule has 0 spiro atoms. The maximum Gasteiger partial charge on any atom is 0.239 e. The van der Waals surface area contributed by atoms with Crippen molar-refractivity contribution in [1.29, 1.82) is 0 Å². The summed E-state index contributed by atoms with van der Waals surface area (Å²) in [7, 11) is 1.61. The Morgan fingerprint density at radius 2 is 1.90 bits per heavy atom. The van der Waals surface area contributed by atoms with E-state index in [0.717, 1.165) is 34.2 Å². The number of para-hydroxylation sites is 2. The second-order valence-electron chi connectivity index (χ2n) is 6.29. The number of hydrogen-bond donors (Lipinski definition) is 1. The Morgan fingerprint density at radius 1 is 1.10 bits per heavy atom. The fourth-order valence-electron chi connectivity index (χ4n) is 2.92. The molecular formula is C21H18ClFN4OS2. The summed E-state index contributed by atoms with van der Waals surface area (Å²) in [6, 6.07) is 18.5. The molecule has 0 saturated carbocycles. The van der Waals surface area contributed by atoms with Gasteiger partial charge in [0.05, 0.1) is 17.7 Å². The molecule has 2 heterocycles. The molecule has 0 atom stereocenters. The van der Waals surface area contributed by atoms with Crippen LogP contribution in [0.3, 0.4) is 0 Å². The molecule has 0 aliphatic rings. The number of rotatable bonds is 8. The van der Waals surface area contributed by atoms with Crippen LogP contribution in [-0.4, -0.2) is 27.6 Å². The largest absolute Gasteiger partial charge is 0.495 e. The van der Waals surface area contributed by atoms with Crippen LogP contribution in [0.25, 0.3) is 16.4 Å². The summed E-state index contributed by atoms with van der Waals surface area (Å²) < 4.78 is 24.3. The molecule has 0 saturated heterocycles. The number of methoxy groups -OCH3 is 1. The topological polar surface area (TPSA) is 52.0 Å². The van der Waals surface area contributed by atoms with Crippen molar-refractivity contribution in [2.75, 3.05) is 17.6 Å². The van der Waals surface area contributed by atoms with E-state index in [-0.39, 0.29) is 5.13 Å². The number of aromatic nitrogens is 3. The van der Waals surface area contributed by atoms with Crippen LogP contribution in [0.15, 0.2) is 60.7 Å². The van der Waals surface area contributed by atoms with Crippen LogP contribution in [0, 0.1) is 5.13 Å². The van der Waals surface area contributed by atoms with Gasteiger partial charge in [-0.1, -0.05) is 35.9 Å². The molecule has 2 aromatic carbocycles. The smallest absolute Gasteiger partial charge is 0.239 e. The average molecular weight is 461 g/mol. The predicted molar refractivity (Wildman–Crippen MR) is 122 cm³/mol. The molecule has 0 aliphatic carbocycles. The van der Waals surface area contributed by atoms with Crippen LogP contribution < -0.4 is 9.46 Å². The number of anilines is 1. The normalized spacial score (nSPS) is 10.9. The Bertz CT molecular complexity index is 1130. The van der Waals surface area contributed by atoms with Gasteiger partial charge in [-0.15, -0.1) is 21.5 Å². The van der Waals surface area contributed by atoms with Crippen LogP contribution in [0.1, 0.15) is 5.56 Å². The lowest BCUT2D eigenvalue weighted by Crippen LogP contribution is -2.04. The van der Waals surface area contributed by atoms with Gasteiger partial charge in [-0.3, -0.25) is 9.29 Å². The quantitative estimate of drug-likeness (QED) is 0.254. The summed E-state index contributed by atoms with van der Waals surface area (Å²) in [5.41, 5.74) is 1.98. The Hall–Kier alpha value is -2.55. The van der Waals surface area contributed by atoms with Gasteiger partial charge in [0, 0.05) is 10.8 Å². The summed E-state index contributed by atoms with van der Waals surface area (Å²) in [6.45, 7) is 0. The Kier molecular flexibility index (Phi) is 6.56. The number of aryl methyl sites for hydroxylation is 1. The second-order valence-corrected chi connectivity index (χ2v) is 8.66. The number of ether oxygens (including phenoxy) is 1. The van der Waals surface area contributed by atoms with Gasteiger partial charge in [0.25, 0.3) is 0 Å². The molecule has 9 heteroatoms. The van der Waals surface area contributed by atoms with Gasteiger partial charge in [0.1, 0.15) is 5.75 Å². The summed E-state index contributed by atoms with van der Waals surface area (Å²) in [4.78, 5) is 0.685. The van der Waals surface area contributed by atoms with Gasteiger partial charge in [-0.25, -0.2) is 0 Å². The van der Waals surface area contributed by atoms with E-state index in [1.165, 1.54) is 23.6 Å². The molecule has 0 aliphatic heterocycles. The van der Waals surface area contributed by atoms with E-state index >= 15 is 0 Å². The predicted octanol–water partition coefficient (Wildman–Crippen LogP) is 6.10. The van der Waals surface area contributed by atoms with Crippen molar-refractivity contribution in [2.24, 2.45) is 0 Å². The van der Waals surface area contributed by atoms with Crippen LogP contribution >= 0.6 is 34.9 Å². The van der Waals surface area contributed by atoms with E-state index in [9.17, 15) is 4.39 Å². The maximum atomic E-state index is 13.6. The first-order valence-corrected chi connectivity index (χ1v) is 11.3. The summed E-state index contributed by atoms with van der Waals surface area (Å²) in [6.07, 6.45) is 0.876. The van der Waals surface area contributed by atoms with Crippen molar-refractivity contribution >= 4 is 40.8 Å². The molecule has 4 rings (SSSR count). The van der Waals surface area contributed by atoms with Crippen LogP contribution in [0.4, 0.5) is 10.3 Å². The molecule has 1 N–H and O–H groups in total. The minimum Gasteiger partial charge on any atom is -0.495 e. The van der Waals surface area contributed by atoms with E-state index in [2.05, 4.69) is 14.9 Å². The highest BCUT2D eigenvalue weighted by Gasteiger charge is 2.20. The van der Waals surface area contributed by atoms with Crippen LogP contribution in [-0.2, 0) is 6.42 Å². The van der Waals surface area contributed by atoms with Crippen molar-refractivity contribution in [3.63, 3.8) is 0 Å². The third-order valence-corrected chi connectivity index (χ3v) is 6.21. The van der Waals surface area contributed by atoms with E-state index in [1.807, 2.05) is 53.1 Å². The molecule has 2 aromatic heterocycles. The Morgan fingerprint density at radius 3 is 2.63 bits per heavy atom. The van der Waals surface area contributed by atoms with Gasteiger partial charge in [-0.2, -0.15) is 4.39 Å². The molecule has 0 unspecified atom stereocenters. The molecule has 0 bridgehead atoms. The molecule has 0 radical (unpaired) electrons. The van der Waals surface area contributed by atoms with Gasteiger partial charge >= 0.3 is 0 Å². The number of benzene rings is 2. The Balaban J connectivity index is 1.58. The van der Waals surface area contributed by atoms with Crippen molar-refractivity contribution in [3.05, 3.63) is 76.4 Å². The fraction of sp³-hybridized carbons (Fsp3) is 0.143. The number of halogens is 2. The minimum absolute atomic E-state index is 0.272. The highest BCUT2D eigenvalue weighted by Crippen LogP contribution is 2.34. The number of hydrogen-bond acceptors (Lipinski definition) is 6. The van der Waals surface area contributed by atoms with Crippen LogP contribution in [0.2, 0.25) is 5.02 Å². The lowest BCUT2D eigenvalue weighted by atomic mass is 10.2. The zero-order valence-electron chi connectivity index (χ0n) is 16.0. The van der Waals surface area contributed by atoms with E-state index in [4.69, 9.17) is 16.3 Å². The van der Waals surface area contributed by atoms with Gasteiger partial charge in [0.2, 0.25) is 5.95 Å². The molecule has 154 valence electrons. The lowest BCUT2D eigenvalue weighted by molar-refractivity contribution is 0.413. The standard InChI is InChI=1S/C21H18ClFN4OS2/c1-28-17-5-3-2-4-16(17)27-20(18-10-11-19(23)30-18)24-25-21(27)26-29-13-12-14-6-8-15(22)9-7-14/h2-11H,12-13H2,1H3,(H,25,26). The molecule has 4 aromatic rings. The highest BCUT2D eigenvalue weighted by molar-refractivity contribution is 8.00. The first kappa shape index (κ1) is 20.7. The third-order valence-electron chi connectivity index (χ3n) is 4.35. The average Bonchev–Trinajstić information content (AvgIpc) is 3.38. The first-order valence-electron chi connectivity index (χ1n) is 9.12. The van der Waals surface area contributed by atoms with Crippen molar-refractivity contribution in [1.82, 2.24) is 14.8 Å². The van der Waals surface area contributed by atoms with E-state index in [1.54, 1.807) is 13.2 Å². The molecule has 0 fully saturated rings. The minimum atomic E-state index is -0.272. The number of thiophene rings is 1. The summed E-state index contributed by atoms with van der Waals surface area (Å²) in [5.74, 6) is 2.59. The Labute approximate surface area is 187 Å². The van der Waals surface area contributed by atoms with Gasteiger partial charge < -0.3 is 4.74 Å². The highest BCUT2D eigenvalue weighted by atomic mass is 35.5. The van der Waals surface area contributed by atoms with Crippen LogP contribution in [0.5, 0.6) is 5.75 Å². The van der Waals surface area contributed by atoms with E-state index in [0.29, 0.717) is 22.4 Å². The fourth-order valence-corrected chi connectivity index (χ4v) is 4.46. The lowest BCUT2D eigenvalue weighted by Gasteiger charge is -2.14. The summed E-state index contributed by atoms with van der Waals surface area (Å²) in [5, 5.41) is 9.07. The van der Waals surface area contributed by atoms with Gasteiger partial charge in [0.15, 0.2) is 11.0 Å². The summed E-state index contributed by atoms with van der Waals surface area (Å²) >= 11 is 8.49. The molecule has 30 heavy (non-hydrogen) atoms. The second kappa shape index (κ2) is 9.51. The van der Waals surface area contributed by atoms with Crippen molar-refractivity contribution in [3.8, 4) is 22.1 Å². The van der Waals surface area contributed by atoms with E-state index < -0.39 is 0 Å². The zero-order valence-corrected chi connectivity index (χ0v) is 18.4. The monoisotopic (exact) mass is 460 g/mol. The SMILES string of the molecule is COc1ccccc1-n1c(NSCCc2ccc(Cl)cc2)nnc1-c1ccc(F)s1. The third kappa shape index (κ3) is 4.61. The first-order chi connectivity index (χ1) is 14.7. The number of nitrogens with one attached hydrogen (secondary N) is 1. The number of nitrogens with zero attached hydrogens (tertiary/aromatic N) is 3. The molecule has 5 nitrogen and oxygen atoms in total. The van der Waals surface area contributed by atoms with Crippen molar-refractivity contribution < 1.29 is 9.13 Å². The van der Waals surface area contributed by atoms with Crippen molar-refractivity contribution in [2.45, 2.75) is 6.42 Å². The zero-order chi connectivity index (χ0) is 20.9. The maximum absolute atomic E-state index is 13.6.